The van der Waals surface area contributed by atoms with E-state index in [9.17, 15) is 19.8 Å². The summed E-state index contributed by atoms with van der Waals surface area (Å²) in [4.78, 5) is 30.1. The van der Waals surface area contributed by atoms with E-state index in [1.807, 2.05) is 92.7 Å². The Labute approximate surface area is 294 Å². The van der Waals surface area contributed by atoms with Crippen molar-refractivity contribution in [1.29, 1.82) is 0 Å². The molecule has 9 nitrogen and oxygen atoms in total. The molecule has 2 aromatic heterocycles. The lowest BCUT2D eigenvalue weighted by Gasteiger charge is -2.20. The van der Waals surface area contributed by atoms with Crippen LogP contribution in [0.5, 0.6) is 0 Å². The Hall–Kier alpha value is -5.09. The minimum absolute atomic E-state index is 0.0938. The summed E-state index contributed by atoms with van der Waals surface area (Å²) in [6.45, 7) is 8.68. The SMILES string of the molecule is Cc1ccc(C)n1-c1ccc([C@H](O)CN[C@H](C)Cc2cccc(CC(=O)NCc3ccc(C(=O)N[C@H](C)[C@H](O)c4ccccc4)cc3)c2)cn1. The fourth-order valence-corrected chi connectivity index (χ4v) is 6.01. The zero-order valence-corrected chi connectivity index (χ0v) is 29.1. The fourth-order valence-electron chi connectivity index (χ4n) is 6.01. The number of carbonyl (C=O) groups is 2. The third kappa shape index (κ3) is 9.75. The van der Waals surface area contributed by atoms with Gasteiger partial charge in [-0.2, -0.15) is 0 Å². The van der Waals surface area contributed by atoms with Crippen LogP contribution in [0.2, 0.25) is 0 Å². The predicted octanol–water partition coefficient (Wildman–Crippen LogP) is 5.45. The lowest BCUT2D eigenvalue weighted by molar-refractivity contribution is -0.120. The van der Waals surface area contributed by atoms with Gasteiger partial charge in [-0.05, 0) is 86.7 Å². The Kier molecular flexibility index (Phi) is 12.3. The number of carbonyl (C=O) groups excluding carboxylic acids is 2. The highest BCUT2D eigenvalue weighted by atomic mass is 16.3. The minimum atomic E-state index is -0.813. The van der Waals surface area contributed by atoms with Crippen LogP contribution in [0, 0.1) is 13.8 Å². The van der Waals surface area contributed by atoms with E-state index in [-0.39, 0.29) is 24.3 Å². The van der Waals surface area contributed by atoms with Crippen LogP contribution in [-0.4, -0.2) is 50.2 Å². The molecule has 0 aliphatic heterocycles. The number of aryl methyl sites for hydroxylation is 2. The van der Waals surface area contributed by atoms with Crippen molar-refractivity contribution < 1.29 is 19.8 Å². The largest absolute Gasteiger partial charge is 0.387 e. The first-order valence-corrected chi connectivity index (χ1v) is 17.1. The molecule has 0 spiro atoms. The van der Waals surface area contributed by atoms with Gasteiger partial charge in [0.2, 0.25) is 5.91 Å². The molecule has 0 radical (unpaired) electrons. The van der Waals surface area contributed by atoms with Gasteiger partial charge in [0.15, 0.2) is 0 Å². The van der Waals surface area contributed by atoms with Crippen LogP contribution in [0.1, 0.15) is 75.6 Å². The number of hydrogen-bond donors (Lipinski definition) is 5. The van der Waals surface area contributed by atoms with Gasteiger partial charge in [0.1, 0.15) is 5.82 Å². The maximum absolute atomic E-state index is 12.8. The molecule has 0 fully saturated rings. The van der Waals surface area contributed by atoms with Gasteiger partial charge in [-0.25, -0.2) is 4.98 Å². The lowest BCUT2D eigenvalue weighted by Crippen LogP contribution is -2.37. The first kappa shape index (κ1) is 36.2. The van der Waals surface area contributed by atoms with Crippen molar-refractivity contribution in [2.75, 3.05) is 6.54 Å². The maximum Gasteiger partial charge on any atom is 0.251 e. The van der Waals surface area contributed by atoms with Crippen LogP contribution in [0.15, 0.2) is 109 Å². The third-order valence-electron chi connectivity index (χ3n) is 8.89. The average Bonchev–Trinajstić information content (AvgIpc) is 3.47. The first-order valence-electron chi connectivity index (χ1n) is 17.1. The van der Waals surface area contributed by atoms with E-state index in [4.69, 9.17) is 0 Å². The molecule has 9 heteroatoms. The van der Waals surface area contributed by atoms with E-state index in [0.29, 0.717) is 18.7 Å². The molecular formula is C41H47N5O4. The number of amides is 2. The van der Waals surface area contributed by atoms with Crippen molar-refractivity contribution in [3.8, 4) is 5.82 Å². The second-order valence-electron chi connectivity index (χ2n) is 13.0. The Morgan fingerprint density at radius 2 is 1.48 bits per heavy atom. The van der Waals surface area contributed by atoms with Crippen LogP contribution in [0.4, 0.5) is 0 Å². The summed E-state index contributed by atoms with van der Waals surface area (Å²) in [6.07, 6.45) is 1.23. The summed E-state index contributed by atoms with van der Waals surface area (Å²) in [5, 5.41) is 30.6. The smallest absolute Gasteiger partial charge is 0.251 e. The summed E-state index contributed by atoms with van der Waals surface area (Å²) in [6, 6.07) is 31.9. The summed E-state index contributed by atoms with van der Waals surface area (Å²) < 4.78 is 2.08. The normalized spacial score (nSPS) is 13.6. The summed E-state index contributed by atoms with van der Waals surface area (Å²) in [5.41, 5.74) is 7.11. The van der Waals surface area contributed by atoms with Crippen molar-refractivity contribution in [1.82, 2.24) is 25.5 Å². The number of aromatic nitrogens is 2. The summed E-state index contributed by atoms with van der Waals surface area (Å²) >= 11 is 0. The number of aliphatic hydroxyl groups is 2. The van der Waals surface area contributed by atoms with Crippen LogP contribution >= 0.6 is 0 Å². The lowest BCUT2D eigenvalue weighted by atomic mass is 10.0. The van der Waals surface area contributed by atoms with Gasteiger partial charge in [-0.3, -0.25) is 9.59 Å². The molecule has 0 aliphatic carbocycles. The highest BCUT2D eigenvalue weighted by molar-refractivity contribution is 5.94. The van der Waals surface area contributed by atoms with Crippen molar-refractivity contribution in [2.45, 2.75) is 71.4 Å². The molecule has 0 saturated heterocycles. The number of aliphatic hydroxyl groups excluding tert-OH is 2. The molecular weight excluding hydrogens is 626 g/mol. The summed E-state index contributed by atoms with van der Waals surface area (Å²) in [5.74, 6) is 0.465. The van der Waals surface area contributed by atoms with Crippen molar-refractivity contribution in [3.63, 3.8) is 0 Å². The number of nitrogens with one attached hydrogen (secondary N) is 3. The minimum Gasteiger partial charge on any atom is -0.387 e. The van der Waals surface area contributed by atoms with Crippen LogP contribution in [-0.2, 0) is 24.2 Å². The van der Waals surface area contributed by atoms with Crippen LogP contribution in [0.25, 0.3) is 5.82 Å². The third-order valence-corrected chi connectivity index (χ3v) is 8.89. The van der Waals surface area contributed by atoms with Gasteiger partial charge >= 0.3 is 0 Å². The number of nitrogens with zero attached hydrogens (tertiary/aromatic N) is 2. The Bertz CT molecular complexity index is 1840. The van der Waals surface area contributed by atoms with E-state index in [1.165, 1.54) is 0 Å². The molecule has 5 aromatic rings. The molecule has 2 heterocycles. The maximum atomic E-state index is 12.8. The Morgan fingerprint density at radius 1 is 0.780 bits per heavy atom. The molecule has 0 aliphatic rings. The average molecular weight is 674 g/mol. The molecule has 260 valence electrons. The van der Waals surface area contributed by atoms with Crippen LogP contribution < -0.4 is 16.0 Å². The summed E-state index contributed by atoms with van der Waals surface area (Å²) in [7, 11) is 0. The number of rotatable bonds is 15. The number of benzene rings is 3. The van der Waals surface area contributed by atoms with Gasteiger partial charge in [-0.1, -0.05) is 72.8 Å². The van der Waals surface area contributed by atoms with Crippen molar-refractivity contribution >= 4 is 11.8 Å². The molecule has 0 unspecified atom stereocenters. The number of pyridine rings is 1. The zero-order valence-electron chi connectivity index (χ0n) is 29.1. The van der Waals surface area contributed by atoms with Crippen LogP contribution in [0.3, 0.4) is 0 Å². The van der Waals surface area contributed by atoms with Gasteiger partial charge < -0.3 is 30.7 Å². The topological polar surface area (TPSA) is 129 Å². The van der Waals surface area contributed by atoms with Crippen molar-refractivity contribution in [2.24, 2.45) is 0 Å². The highest BCUT2D eigenvalue weighted by Gasteiger charge is 2.19. The Morgan fingerprint density at radius 3 is 2.16 bits per heavy atom. The number of hydrogen-bond acceptors (Lipinski definition) is 6. The van der Waals surface area contributed by atoms with E-state index in [1.54, 1.807) is 25.3 Å². The second kappa shape index (κ2) is 17.0. The van der Waals surface area contributed by atoms with E-state index in [0.717, 1.165) is 51.4 Å². The molecule has 5 rings (SSSR count). The predicted molar refractivity (Wildman–Crippen MR) is 196 cm³/mol. The zero-order chi connectivity index (χ0) is 35.6. The molecule has 5 N–H and O–H groups in total. The molecule has 3 aromatic carbocycles. The van der Waals surface area contributed by atoms with E-state index < -0.39 is 18.2 Å². The molecule has 50 heavy (non-hydrogen) atoms. The standard InChI is InChI=1S/C41H47N5O4/c1-27(42-26-37(47)36-19-20-38(43-25-36)46-28(2)13-14-29(46)3)21-32-9-8-10-33(22-32)23-39(48)44-24-31-15-17-35(18-16-31)41(50)45-30(4)40(49)34-11-6-5-7-12-34/h5-20,22,25,27,30,37,40,42,47,49H,21,23-24,26H2,1-4H3,(H,44,48)(H,45,50)/t27-,30-,37-,40+/m1/s1. The Balaban J connectivity index is 1.04. The van der Waals surface area contributed by atoms with E-state index >= 15 is 0 Å². The van der Waals surface area contributed by atoms with Gasteiger partial charge in [0.05, 0.1) is 24.7 Å². The van der Waals surface area contributed by atoms with E-state index in [2.05, 4.69) is 44.6 Å². The van der Waals surface area contributed by atoms with Gasteiger partial charge in [-0.15, -0.1) is 0 Å². The van der Waals surface area contributed by atoms with Gasteiger partial charge in [0.25, 0.3) is 5.91 Å². The highest BCUT2D eigenvalue weighted by Crippen LogP contribution is 2.19. The second-order valence-corrected chi connectivity index (χ2v) is 13.0. The molecule has 0 bridgehead atoms. The molecule has 0 saturated carbocycles. The first-order chi connectivity index (χ1) is 24.1. The molecule has 4 atom stereocenters. The van der Waals surface area contributed by atoms with Gasteiger partial charge in [0, 0.05) is 47.8 Å². The van der Waals surface area contributed by atoms with Crippen molar-refractivity contribution in [3.05, 3.63) is 154 Å². The quantitative estimate of drug-likeness (QED) is 0.101. The fraction of sp³-hybridized carbons (Fsp3) is 0.293. The molecule has 2 amide bonds. The monoisotopic (exact) mass is 673 g/mol.